The molecule has 0 radical (unpaired) electrons. The second-order valence-electron chi connectivity index (χ2n) is 15.6. The number of carbonyl (C=O) groups excluding carboxylic acids is 1. The Morgan fingerprint density at radius 2 is 1.35 bits per heavy atom. The Morgan fingerprint density at radius 3 is 2.03 bits per heavy atom. The van der Waals surface area contributed by atoms with Gasteiger partial charge in [0.05, 0.1) is 25.9 Å². The predicted octanol–water partition coefficient (Wildman–Crippen LogP) is -0.562. The number of rotatable bonds is 12. The predicted molar refractivity (Wildman–Crippen MR) is 217 cm³/mol. The quantitative estimate of drug-likeness (QED) is 0.0482. The minimum Gasteiger partial charge on any atom is -0.508 e. The molecule has 7 rings (SSSR count). The first-order valence-electron chi connectivity index (χ1n) is 20.1. The van der Waals surface area contributed by atoms with Crippen LogP contribution in [-0.2, 0) is 33.2 Å². The molecule has 3 fully saturated rings. The summed E-state index contributed by atoms with van der Waals surface area (Å²) in [7, 11) is 1.30. The molecular formula is C43H48O22. The molecule has 0 amide bonds. The topological polar surface area (TPSA) is 344 Å². The highest BCUT2D eigenvalue weighted by Crippen LogP contribution is 2.40. The van der Waals surface area contributed by atoms with Gasteiger partial charge in [0.25, 0.3) is 0 Å². The maximum absolute atomic E-state index is 14.0. The van der Waals surface area contributed by atoms with Gasteiger partial charge in [-0.15, -0.1) is 0 Å². The number of hydrogen-bond donors (Lipinski definition) is 11. The van der Waals surface area contributed by atoms with Gasteiger partial charge in [-0.25, -0.2) is 4.79 Å². The lowest BCUT2D eigenvalue weighted by Gasteiger charge is -2.46. The first-order chi connectivity index (χ1) is 30.9. The summed E-state index contributed by atoms with van der Waals surface area (Å²) in [6.07, 6.45) is -22.9. The summed E-state index contributed by atoms with van der Waals surface area (Å²) in [5.41, 5.74) is -0.717. The van der Waals surface area contributed by atoms with E-state index in [1.165, 1.54) is 63.4 Å². The van der Waals surface area contributed by atoms with Crippen LogP contribution in [0.3, 0.4) is 0 Å². The molecule has 0 spiro atoms. The SMILES string of the molecule is COc1cc(O)c2c(=O)c(O[C@H]3O[C@@H](CO[C@H]4O[C@H](C)[C@@H](O)[C@H](O[C@H]5O[C@H](C)[C@@H](O)[C@H](OC(=O)C=Cc6ccc(O)cc6)[C@@H]5O)[C@@H]4O)[C@@H](O)[C@@H](O)[C@@H]3O)c(-c3ccc(O)c(O)c3)oc2c1. The van der Waals surface area contributed by atoms with Crippen LogP contribution in [0.1, 0.15) is 19.4 Å². The Kier molecular flexibility index (Phi) is 14.2. The number of aliphatic hydroxyl groups is 7. The molecule has 22 heteroatoms. The van der Waals surface area contributed by atoms with Crippen LogP contribution >= 0.6 is 0 Å². The smallest absolute Gasteiger partial charge is 0.331 e. The fraction of sp³-hybridized carbons (Fsp3) is 0.442. The average Bonchev–Trinajstić information content (AvgIpc) is 3.28. The zero-order valence-electron chi connectivity index (χ0n) is 34.6. The Balaban J connectivity index is 1.06. The third-order valence-corrected chi connectivity index (χ3v) is 11.1. The largest absolute Gasteiger partial charge is 0.508 e. The molecule has 4 heterocycles. The second-order valence-corrected chi connectivity index (χ2v) is 15.6. The molecule has 3 aliphatic rings. The van der Waals surface area contributed by atoms with E-state index in [1.807, 2.05) is 0 Å². The van der Waals surface area contributed by atoms with Crippen LogP contribution in [0.2, 0.25) is 0 Å². The number of fused-ring (bicyclic) bond motifs is 1. The van der Waals surface area contributed by atoms with Crippen LogP contribution in [0.25, 0.3) is 28.4 Å². The maximum atomic E-state index is 14.0. The molecule has 3 saturated heterocycles. The van der Waals surface area contributed by atoms with Crippen LogP contribution in [0.5, 0.6) is 34.5 Å². The number of aromatic hydroxyl groups is 4. The lowest BCUT2D eigenvalue weighted by atomic mass is 9.97. The number of aliphatic hydroxyl groups excluding tert-OH is 7. The van der Waals surface area contributed by atoms with Gasteiger partial charge >= 0.3 is 5.97 Å². The Hall–Kier alpha value is -5.60. The molecule has 0 unspecified atom stereocenters. The fourth-order valence-electron chi connectivity index (χ4n) is 7.42. The van der Waals surface area contributed by atoms with Crippen molar-refractivity contribution in [3.05, 3.63) is 76.5 Å². The summed E-state index contributed by atoms with van der Waals surface area (Å²) in [5.74, 6) is -3.67. The number of phenolic OH excluding ortho intramolecular Hbond substituents is 4. The van der Waals surface area contributed by atoms with Crippen LogP contribution < -0.4 is 14.9 Å². The highest BCUT2D eigenvalue weighted by Gasteiger charge is 2.52. The van der Waals surface area contributed by atoms with Gasteiger partial charge in [-0.3, -0.25) is 4.79 Å². The molecule has 0 saturated carbocycles. The molecule has 3 aliphatic heterocycles. The van der Waals surface area contributed by atoms with Gasteiger partial charge in [0.1, 0.15) is 83.2 Å². The molecule has 22 nitrogen and oxygen atoms in total. The zero-order chi connectivity index (χ0) is 47.0. The van der Waals surface area contributed by atoms with Gasteiger partial charge in [0.2, 0.25) is 17.5 Å². The van der Waals surface area contributed by atoms with Gasteiger partial charge in [0.15, 0.2) is 35.9 Å². The summed E-state index contributed by atoms with van der Waals surface area (Å²) < 4.78 is 51.0. The molecule has 0 aliphatic carbocycles. The highest BCUT2D eigenvalue weighted by atomic mass is 16.7. The number of carbonyl (C=O) groups is 1. The normalized spacial score (nSPS) is 32.9. The minimum absolute atomic E-state index is 0.00960. The number of benzene rings is 3. The molecule has 15 atom stereocenters. The summed E-state index contributed by atoms with van der Waals surface area (Å²) in [6.45, 7) is 2.06. The van der Waals surface area contributed by atoms with Crippen LogP contribution in [0, 0.1) is 0 Å². The molecule has 3 aromatic carbocycles. The van der Waals surface area contributed by atoms with Crippen molar-refractivity contribution in [3.63, 3.8) is 0 Å². The van der Waals surface area contributed by atoms with E-state index in [9.17, 15) is 65.8 Å². The monoisotopic (exact) mass is 916 g/mol. The van der Waals surface area contributed by atoms with E-state index >= 15 is 0 Å². The van der Waals surface area contributed by atoms with Crippen molar-refractivity contribution < 1.29 is 103 Å². The summed E-state index contributed by atoms with van der Waals surface area (Å²) in [6, 6.07) is 11.6. The third kappa shape index (κ3) is 9.84. The van der Waals surface area contributed by atoms with Crippen molar-refractivity contribution in [2.75, 3.05) is 13.7 Å². The lowest BCUT2D eigenvalue weighted by Crippen LogP contribution is -2.64. The fourth-order valence-corrected chi connectivity index (χ4v) is 7.42. The molecule has 65 heavy (non-hydrogen) atoms. The molecule has 352 valence electrons. The Morgan fingerprint density at radius 1 is 0.692 bits per heavy atom. The first-order valence-corrected chi connectivity index (χ1v) is 20.1. The van der Waals surface area contributed by atoms with Crippen molar-refractivity contribution >= 4 is 23.0 Å². The van der Waals surface area contributed by atoms with Crippen molar-refractivity contribution in [3.8, 4) is 45.8 Å². The van der Waals surface area contributed by atoms with E-state index < -0.39 is 144 Å². The van der Waals surface area contributed by atoms with Gasteiger partial charge in [-0.05, 0) is 55.8 Å². The number of esters is 1. The molecular weight excluding hydrogens is 868 g/mol. The van der Waals surface area contributed by atoms with E-state index in [2.05, 4.69) is 0 Å². The number of ether oxygens (including phenoxy) is 8. The molecule has 4 aromatic rings. The summed E-state index contributed by atoms with van der Waals surface area (Å²) >= 11 is 0. The van der Waals surface area contributed by atoms with E-state index in [0.29, 0.717) is 5.56 Å². The molecule has 11 N–H and O–H groups in total. The third-order valence-electron chi connectivity index (χ3n) is 11.1. The van der Waals surface area contributed by atoms with E-state index in [1.54, 1.807) is 0 Å². The second kappa shape index (κ2) is 19.5. The average molecular weight is 917 g/mol. The van der Waals surface area contributed by atoms with E-state index in [0.717, 1.165) is 24.3 Å². The number of methoxy groups -OCH3 is 1. The van der Waals surface area contributed by atoms with Crippen molar-refractivity contribution in [1.82, 2.24) is 0 Å². The minimum atomic E-state index is -2.05. The van der Waals surface area contributed by atoms with Crippen molar-refractivity contribution in [2.24, 2.45) is 0 Å². The van der Waals surface area contributed by atoms with Crippen LogP contribution in [0.4, 0.5) is 0 Å². The van der Waals surface area contributed by atoms with E-state index in [4.69, 9.17) is 42.3 Å². The van der Waals surface area contributed by atoms with Gasteiger partial charge in [-0.2, -0.15) is 0 Å². The zero-order valence-corrected chi connectivity index (χ0v) is 34.6. The van der Waals surface area contributed by atoms with E-state index in [-0.39, 0.29) is 22.6 Å². The standard InChI is InChI=1S/C43H48O22/c1-16-30(50)39(64-43-36(56)38(29(49)17(2)60-43)63-27(48)11-6-18-4-8-20(44)9-5-18)35(55)41(59-16)58-15-26-31(51)33(53)34(54)42(62-26)65-40-32(52)28-24(47)13-21(57-3)14-25(28)61-37(40)19-7-10-22(45)23(46)12-19/h4-14,16-17,26,29-31,33-36,38-39,41-47,49-51,53-56H,15H2,1-3H3/t16-,17-,26+,29-,30-,31-,33-,34+,35+,36+,38+,39+,41+,42-,43-/m1/s1. The maximum Gasteiger partial charge on any atom is 0.331 e. The van der Waals surface area contributed by atoms with Gasteiger partial charge in [0, 0.05) is 23.8 Å². The summed E-state index contributed by atoms with van der Waals surface area (Å²) in [5, 5.41) is 117. The number of phenols is 4. The number of hydrogen-bond acceptors (Lipinski definition) is 22. The Bertz CT molecular complexity index is 2400. The molecule has 0 bridgehead atoms. The highest BCUT2D eigenvalue weighted by molar-refractivity contribution is 5.89. The summed E-state index contributed by atoms with van der Waals surface area (Å²) in [4.78, 5) is 26.7. The van der Waals surface area contributed by atoms with Crippen molar-refractivity contribution in [2.45, 2.75) is 106 Å². The van der Waals surface area contributed by atoms with Gasteiger partial charge in [-0.1, -0.05) is 12.1 Å². The first kappa shape index (κ1) is 47.4. The van der Waals surface area contributed by atoms with Gasteiger partial charge < -0.3 is 98.5 Å². The van der Waals surface area contributed by atoms with Crippen LogP contribution in [0.15, 0.2) is 69.9 Å². The van der Waals surface area contributed by atoms with Crippen LogP contribution in [-0.4, -0.2) is 168 Å². The Labute approximate surface area is 367 Å². The lowest BCUT2D eigenvalue weighted by molar-refractivity contribution is -0.359. The molecule has 1 aromatic heterocycles. The van der Waals surface area contributed by atoms with Crippen molar-refractivity contribution in [1.29, 1.82) is 0 Å².